The van der Waals surface area contributed by atoms with Crippen molar-refractivity contribution in [2.75, 3.05) is 183 Å². The minimum absolute atomic E-state index is 0.0189. The standard InChI is InChI=1S/C56H88N2O23S3/c1-55(17-21-72-27-29-76-35-37-80-41-39-78-33-31-74-25-23-70-3)48-44-46(83(64,65)66)13-15-50(48)57(19-7-5-6-12-54(59)60)52(55)10-8-11-53-56(2,18-22-73-28-30-77-36-38-81-42-40-79-34-32-75-26-24-71-4)49-45-47(84(67,68)69)14-16-51(49)58(53)20-9-43-82(61,62)63/h8,10-11,13-16,44-45H,5-7,9,12,17-43H2,1-4H3,(H3-,59,60,61,62,63,64,65,66,67,68,69). The number of carboxylic acid groups (broad SMARTS) is 1. The van der Waals surface area contributed by atoms with Crippen molar-refractivity contribution in [3.8, 4) is 0 Å². The van der Waals surface area contributed by atoms with Crippen molar-refractivity contribution in [2.45, 2.75) is 79.4 Å². The first-order chi connectivity index (χ1) is 40.2. The van der Waals surface area contributed by atoms with Crippen LogP contribution in [0.2, 0.25) is 0 Å². The molecule has 2 aromatic rings. The van der Waals surface area contributed by atoms with Gasteiger partial charge in [-0.25, -0.2) is 8.42 Å². The van der Waals surface area contributed by atoms with E-state index in [1.54, 1.807) is 32.4 Å². The summed E-state index contributed by atoms with van der Waals surface area (Å²) in [6.07, 6.45) is 7.49. The summed E-state index contributed by atoms with van der Waals surface area (Å²) in [4.78, 5) is 12.5. The predicted octanol–water partition coefficient (Wildman–Crippen LogP) is 4.57. The van der Waals surface area contributed by atoms with Gasteiger partial charge < -0.3 is 71.4 Å². The molecule has 0 amide bonds. The summed E-state index contributed by atoms with van der Waals surface area (Å²) >= 11 is 0. The first-order valence-electron chi connectivity index (χ1n) is 28.1. The molecule has 0 bridgehead atoms. The highest BCUT2D eigenvalue weighted by Gasteiger charge is 2.48. The number of benzene rings is 2. The molecule has 28 heteroatoms. The van der Waals surface area contributed by atoms with Crippen LogP contribution in [0.1, 0.15) is 69.9 Å². The average Bonchev–Trinajstić information content (AvgIpc) is 1.84. The molecule has 478 valence electrons. The summed E-state index contributed by atoms with van der Waals surface area (Å²) in [7, 11) is -10.8. The van der Waals surface area contributed by atoms with Gasteiger partial charge in [0.15, 0.2) is 5.71 Å². The van der Waals surface area contributed by atoms with Gasteiger partial charge in [0.1, 0.15) is 16.7 Å². The average molecular weight is 1250 g/mol. The third-order valence-corrected chi connectivity index (χ3v) is 16.4. The summed E-state index contributed by atoms with van der Waals surface area (Å²) in [5.41, 5.74) is 1.46. The maximum absolute atomic E-state index is 12.7. The van der Waals surface area contributed by atoms with Crippen molar-refractivity contribution >= 4 is 53.4 Å². The van der Waals surface area contributed by atoms with Crippen molar-refractivity contribution in [1.29, 1.82) is 0 Å². The normalized spacial score (nSPS) is 17.8. The highest BCUT2D eigenvalue weighted by molar-refractivity contribution is 7.86. The number of fused-ring (bicyclic) bond motifs is 2. The third-order valence-electron chi connectivity index (χ3n) is 13.9. The molecule has 0 saturated carbocycles. The highest BCUT2D eigenvalue weighted by Crippen LogP contribution is 2.51. The molecule has 0 aromatic heterocycles. The molecule has 3 N–H and O–H groups in total. The molecule has 4 rings (SSSR count). The molecule has 2 aliphatic heterocycles. The van der Waals surface area contributed by atoms with Crippen molar-refractivity contribution in [1.82, 2.24) is 0 Å². The molecule has 0 spiro atoms. The molecule has 0 aliphatic carbocycles. The Morgan fingerprint density at radius 1 is 0.571 bits per heavy atom. The van der Waals surface area contributed by atoms with E-state index in [1.165, 1.54) is 30.3 Å². The van der Waals surface area contributed by atoms with Crippen molar-refractivity contribution in [2.24, 2.45) is 0 Å². The van der Waals surface area contributed by atoms with Crippen LogP contribution in [0, 0.1) is 0 Å². The number of hydrogen-bond donors (Lipinski definition) is 3. The Hall–Kier alpha value is -3.89. The van der Waals surface area contributed by atoms with Crippen LogP contribution in [-0.2, 0) is 103 Å². The van der Waals surface area contributed by atoms with E-state index in [0.29, 0.717) is 172 Å². The summed E-state index contributed by atoms with van der Waals surface area (Å²) in [6, 6.07) is 8.40. The molecular weight excluding hydrogens is 1160 g/mol. The Balaban J connectivity index is 1.58. The van der Waals surface area contributed by atoms with Crippen LogP contribution >= 0.6 is 0 Å². The molecule has 84 heavy (non-hydrogen) atoms. The minimum atomic E-state index is -4.94. The van der Waals surface area contributed by atoms with Gasteiger partial charge in [0, 0.05) is 81.3 Å². The van der Waals surface area contributed by atoms with E-state index in [0.717, 1.165) is 0 Å². The summed E-state index contributed by atoms with van der Waals surface area (Å²) in [6.45, 7) is 12.1. The Bertz CT molecular complexity index is 2720. The van der Waals surface area contributed by atoms with Gasteiger partial charge in [0.25, 0.3) is 20.2 Å². The molecule has 2 aromatic carbocycles. The molecule has 0 fully saturated rings. The molecule has 2 unspecified atom stereocenters. The van der Waals surface area contributed by atoms with Gasteiger partial charge in [-0.3, -0.25) is 13.9 Å². The molecule has 2 atom stereocenters. The van der Waals surface area contributed by atoms with Gasteiger partial charge in [-0.2, -0.15) is 21.4 Å². The highest BCUT2D eigenvalue weighted by atomic mass is 32.2. The second-order valence-corrected chi connectivity index (χ2v) is 24.4. The van der Waals surface area contributed by atoms with Crippen LogP contribution in [0.4, 0.5) is 11.4 Å². The number of rotatable bonds is 50. The van der Waals surface area contributed by atoms with Gasteiger partial charge in [-0.05, 0) is 87.9 Å². The zero-order chi connectivity index (χ0) is 61.3. The van der Waals surface area contributed by atoms with Gasteiger partial charge in [0.05, 0.1) is 153 Å². The molecule has 2 heterocycles. The summed E-state index contributed by atoms with van der Waals surface area (Å²) < 4.78 is 175. The fraction of sp³-hybridized carbons (Fsp3) is 0.679. The number of nitrogens with zero attached hydrogens (tertiary/aromatic N) is 2. The molecule has 25 nitrogen and oxygen atoms in total. The number of aliphatic carboxylic acids is 1. The zero-order valence-corrected chi connectivity index (χ0v) is 51.4. The molecule has 0 saturated heterocycles. The Morgan fingerprint density at radius 3 is 1.45 bits per heavy atom. The van der Waals surface area contributed by atoms with Gasteiger partial charge in [-0.1, -0.05) is 6.08 Å². The Morgan fingerprint density at radius 2 is 1.01 bits per heavy atom. The lowest BCUT2D eigenvalue weighted by Gasteiger charge is -2.30. The van der Waals surface area contributed by atoms with Crippen molar-refractivity contribution < 1.29 is 110 Å². The van der Waals surface area contributed by atoms with Crippen LogP contribution in [0.25, 0.3) is 0 Å². The third kappa shape index (κ3) is 25.4. The monoisotopic (exact) mass is 1250 g/mol. The predicted molar refractivity (Wildman–Crippen MR) is 308 cm³/mol. The SMILES string of the molecule is COCCOCCOCCOCCOCCOCCC1(C)C(/C=C/C=C2/N(CCCS(=O)(=O)O)c3ccc(S(=O)(=O)[O-])cc3C2(C)CCOCCOCCOCCOCCOCCOC)=[N+](CCCCCC(=O)O)c2ccc(S(=O)(=O)O)cc21. The maximum Gasteiger partial charge on any atom is 0.303 e. The van der Waals surface area contributed by atoms with Crippen LogP contribution in [0.3, 0.4) is 0 Å². The number of anilines is 1. The van der Waals surface area contributed by atoms with Crippen LogP contribution in [0.5, 0.6) is 0 Å². The fourth-order valence-electron chi connectivity index (χ4n) is 9.55. The number of carboxylic acids is 1. The molecule has 0 radical (unpaired) electrons. The lowest BCUT2D eigenvalue weighted by Crippen LogP contribution is -2.33. The van der Waals surface area contributed by atoms with Gasteiger partial charge >= 0.3 is 5.97 Å². The van der Waals surface area contributed by atoms with E-state index in [2.05, 4.69) is 0 Å². The number of hydrogen-bond acceptors (Lipinski definition) is 21. The van der Waals surface area contributed by atoms with Crippen molar-refractivity contribution in [3.05, 3.63) is 71.5 Å². The number of unbranched alkanes of at least 4 members (excludes halogenated alkanes) is 2. The van der Waals surface area contributed by atoms with E-state index < -0.39 is 57.8 Å². The largest absolute Gasteiger partial charge is 0.744 e. The lowest BCUT2D eigenvalue weighted by molar-refractivity contribution is -0.438. The fourth-order valence-corrected chi connectivity index (χ4v) is 11.0. The second kappa shape index (κ2) is 38.4. The van der Waals surface area contributed by atoms with Crippen LogP contribution in [0.15, 0.2) is 70.1 Å². The van der Waals surface area contributed by atoms with Crippen molar-refractivity contribution in [3.63, 3.8) is 0 Å². The minimum Gasteiger partial charge on any atom is -0.744 e. The van der Waals surface area contributed by atoms with E-state index >= 15 is 0 Å². The number of ether oxygens (including phenoxy) is 12. The van der Waals surface area contributed by atoms with Gasteiger partial charge in [-0.15, -0.1) is 0 Å². The maximum atomic E-state index is 12.7. The molecular formula is C56H88N2O23S3. The summed E-state index contributed by atoms with van der Waals surface area (Å²) in [5, 5.41) is 9.35. The van der Waals surface area contributed by atoms with E-state index in [1.807, 2.05) is 29.4 Å². The Labute approximate surface area is 495 Å². The number of methoxy groups -OCH3 is 2. The first-order valence-corrected chi connectivity index (χ1v) is 32.6. The lowest BCUT2D eigenvalue weighted by atomic mass is 9.76. The smallest absolute Gasteiger partial charge is 0.303 e. The van der Waals surface area contributed by atoms with Crippen LogP contribution < -0.4 is 4.90 Å². The second-order valence-electron chi connectivity index (χ2n) is 20.0. The summed E-state index contributed by atoms with van der Waals surface area (Å²) in [5.74, 6) is -1.50. The number of allylic oxidation sites excluding steroid dienone is 4. The van der Waals surface area contributed by atoms with Gasteiger partial charge in [0.2, 0.25) is 5.69 Å². The van der Waals surface area contributed by atoms with Crippen LogP contribution in [-0.4, -0.2) is 239 Å². The quantitative estimate of drug-likeness (QED) is 0.0464. The molecule has 2 aliphatic rings. The number of carbonyl (C=O) groups is 1. The van der Waals surface area contributed by atoms with E-state index in [9.17, 15) is 48.8 Å². The zero-order valence-electron chi connectivity index (χ0n) is 48.9. The van der Waals surface area contributed by atoms with E-state index in [4.69, 9.17) is 56.8 Å². The first kappa shape index (κ1) is 72.6. The van der Waals surface area contributed by atoms with E-state index in [-0.39, 0.29) is 70.3 Å². The topological polar surface area (TPSA) is 320 Å². The Kier molecular flexibility index (Phi) is 33.2.